The summed E-state index contributed by atoms with van der Waals surface area (Å²) in [6.45, 7) is 7.61. The van der Waals surface area contributed by atoms with Crippen LogP contribution in [0.2, 0.25) is 0 Å². The third-order valence-electron chi connectivity index (χ3n) is 4.62. The fourth-order valence-electron chi connectivity index (χ4n) is 3.21. The summed E-state index contributed by atoms with van der Waals surface area (Å²) < 4.78 is 10.6. The number of nitrogens with zero attached hydrogens (tertiary/aromatic N) is 2. The Labute approximate surface area is 162 Å². The SMILES string of the molecule is CCOCCOC(=O)C(CC)Sc1ncnc2sc3c(c12)CCC(C)C3. The van der Waals surface area contributed by atoms with Crippen molar-refractivity contribution in [2.75, 3.05) is 19.8 Å². The molecule has 0 saturated heterocycles. The molecule has 142 valence electrons. The molecular formula is C19H26N2O3S2. The molecule has 5 nitrogen and oxygen atoms in total. The average molecular weight is 395 g/mol. The number of rotatable bonds is 8. The monoisotopic (exact) mass is 394 g/mol. The minimum Gasteiger partial charge on any atom is -0.462 e. The Kier molecular flexibility index (Phi) is 6.89. The standard InChI is InChI=1S/C19H26N2O3S2/c1-4-14(19(22)24-9-8-23-5-2)25-17-16-13-7-6-12(3)10-15(13)26-18(16)21-11-20-17/h11-12,14H,4-10H2,1-3H3. The molecule has 0 radical (unpaired) electrons. The van der Waals surface area contributed by atoms with Crippen LogP contribution in [0.4, 0.5) is 0 Å². The van der Waals surface area contributed by atoms with Crippen LogP contribution in [0.5, 0.6) is 0 Å². The average Bonchev–Trinajstić information content (AvgIpc) is 3.01. The third-order valence-corrected chi connectivity index (χ3v) is 7.13. The van der Waals surface area contributed by atoms with Gasteiger partial charge in [-0.1, -0.05) is 25.6 Å². The lowest BCUT2D eigenvalue weighted by Crippen LogP contribution is -2.21. The molecule has 2 unspecified atom stereocenters. The van der Waals surface area contributed by atoms with Gasteiger partial charge in [0.1, 0.15) is 28.0 Å². The zero-order chi connectivity index (χ0) is 18.5. The predicted octanol–water partition coefficient (Wildman–Crippen LogP) is 4.27. The molecule has 0 bridgehead atoms. The largest absolute Gasteiger partial charge is 0.462 e. The number of aryl methyl sites for hydroxylation is 1. The van der Waals surface area contributed by atoms with Crippen LogP contribution in [-0.4, -0.2) is 41.0 Å². The van der Waals surface area contributed by atoms with Crippen molar-refractivity contribution in [1.29, 1.82) is 0 Å². The van der Waals surface area contributed by atoms with Gasteiger partial charge in [0.2, 0.25) is 0 Å². The molecular weight excluding hydrogens is 368 g/mol. The molecule has 0 spiro atoms. The fourth-order valence-corrected chi connectivity index (χ4v) is 5.67. The first-order chi connectivity index (χ1) is 12.6. The summed E-state index contributed by atoms with van der Waals surface area (Å²) in [4.78, 5) is 23.9. The van der Waals surface area contributed by atoms with Crippen LogP contribution in [0.3, 0.4) is 0 Å². The van der Waals surface area contributed by atoms with Crippen molar-refractivity contribution in [1.82, 2.24) is 9.97 Å². The molecule has 1 aliphatic carbocycles. The van der Waals surface area contributed by atoms with Gasteiger partial charge in [-0.15, -0.1) is 11.3 Å². The summed E-state index contributed by atoms with van der Waals surface area (Å²) in [6.07, 6.45) is 5.72. The molecule has 2 aromatic rings. The molecule has 0 fully saturated rings. The van der Waals surface area contributed by atoms with E-state index in [1.165, 1.54) is 28.6 Å². The number of hydrogen-bond donors (Lipinski definition) is 0. The minimum absolute atomic E-state index is 0.193. The molecule has 3 rings (SSSR count). The predicted molar refractivity (Wildman–Crippen MR) is 106 cm³/mol. The number of aromatic nitrogens is 2. The van der Waals surface area contributed by atoms with Gasteiger partial charge in [0.25, 0.3) is 0 Å². The van der Waals surface area contributed by atoms with E-state index in [0.29, 0.717) is 26.2 Å². The van der Waals surface area contributed by atoms with Crippen LogP contribution < -0.4 is 0 Å². The van der Waals surface area contributed by atoms with Gasteiger partial charge in [-0.05, 0) is 44.1 Å². The number of esters is 1. The van der Waals surface area contributed by atoms with Gasteiger partial charge in [-0.25, -0.2) is 9.97 Å². The molecule has 2 aromatic heterocycles. The van der Waals surface area contributed by atoms with Crippen molar-refractivity contribution < 1.29 is 14.3 Å². The van der Waals surface area contributed by atoms with E-state index < -0.39 is 0 Å². The van der Waals surface area contributed by atoms with E-state index in [0.717, 1.165) is 34.0 Å². The molecule has 7 heteroatoms. The first-order valence-corrected chi connectivity index (χ1v) is 11.0. The maximum Gasteiger partial charge on any atom is 0.319 e. The third kappa shape index (κ3) is 4.38. The summed E-state index contributed by atoms with van der Waals surface area (Å²) in [5, 5.41) is 1.81. The maximum atomic E-state index is 12.4. The van der Waals surface area contributed by atoms with Crippen molar-refractivity contribution in [3.8, 4) is 0 Å². The van der Waals surface area contributed by atoms with Crippen LogP contribution in [0.1, 0.15) is 44.1 Å². The Hall–Kier alpha value is -1.18. The lowest BCUT2D eigenvalue weighted by Gasteiger charge is -2.18. The van der Waals surface area contributed by atoms with E-state index in [1.807, 2.05) is 13.8 Å². The number of carbonyl (C=O) groups is 1. The quantitative estimate of drug-likeness (QED) is 0.288. The molecule has 0 amide bonds. The van der Waals surface area contributed by atoms with E-state index >= 15 is 0 Å². The van der Waals surface area contributed by atoms with Gasteiger partial charge in [0, 0.05) is 16.9 Å². The Balaban J connectivity index is 1.78. The van der Waals surface area contributed by atoms with Gasteiger partial charge < -0.3 is 9.47 Å². The second kappa shape index (κ2) is 9.15. The lowest BCUT2D eigenvalue weighted by molar-refractivity contribution is -0.144. The smallest absolute Gasteiger partial charge is 0.319 e. The highest BCUT2D eigenvalue weighted by atomic mass is 32.2. The number of thioether (sulfide) groups is 1. The highest BCUT2D eigenvalue weighted by Gasteiger charge is 2.26. The van der Waals surface area contributed by atoms with Gasteiger partial charge in [-0.2, -0.15) is 0 Å². The molecule has 2 heterocycles. The Bertz CT molecular complexity index is 763. The molecule has 26 heavy (non-hydrogen) atoms. The Morgan fingerprint density at radius 3 is 3.00 bits per heavy atom. The van der Waals surface area contributed by atoms with Gasteiger partial charge in [-0.3, -0.25) is 4.79 Å². The second-order valence-corrected chi connectivity index (χ2v) is 8.86. The van der Waals surface area contributed by atoms with Gasteiger partial charge >= 0.3 is 5.97 Å². The van der Waals surface area contributed by atoms with Crippen molar-refractivity contribution in [3.05, 3.63) is 16.8 Å². The van der Waals surface area contributed by atoms with E-state index in [2.05, 4.69) is 16.9 Å². The molecule has 0 aromatic carbocycles. The van der Waals surface area contributed by atoms with Crippen LogP contribution in [0.25, 0.3) is 10.2 Å². The zero-order valence-corrected chi connectivity index (χ0v) is 17.3. The van der Waals surface area contributed by atoms with Gasteiger partial charge in [0.05, 0.1) is 6.61 Å². The first kappa shape index (κ1) is 19.6. The van der Waals surface area contributed by atoms with Crippen LogP contribution in [-0.2, 0) is 27.1 Å². The highest BCUT2D eigenvalue weighted by molar-refractivity contribution is 8.00. The summed E-state index contributed by atoms with van der Waals surface area (Å²) in [5.41, 5.74) is 1.39. The minimum atomic E-state index is -0.257. The summed E-state index contributed by atoms with van der Waals surface area (Å²) in [6, 6.07) is 0. The normalized spacial score (nSPS) is 17.9. The van der Waals surface area contributed by atoms with E-state index in [1.54, 1.807) is 17.7 Å². The zero-order valence-electron chi connectivity index (χ0n) is 15.6. The second-order valence-electron chi connectivity index (χ2n) is 6.59. The highest BCUT2D eigenvalue weighted by Crippen LogP contribution is 2.41. The van der Waals surface area contributed by atoms with Crippen molar-refractivity contribution in [2.24, 2.45) is 5.92 Å². The van der Waals surface area contributed by atoms with E-state index in [4.69, 9.17) is 9.47 Å². The molecule has 0 N–H and O–H groups in total. The summed E-state index contributed by atoms with van der Waals surface area (Å²) >= 11 is 3.29. The Morgan fingerprint density at radius 2 is 2.23 bits per heavy atom. The molecule has 0 saturated carbocycles. The van der Waals surface area contributed by atoms with Crippen LogP contribution in [0, 0.1) is 5.92 Å². The Morgan fingerprint density at radius 1 is 1.38 bits per heavy atom. The number of thiophene rings is 1. The van der Waals surface area contributed by atoms with Crippen molar-refractivity contribution in [3.63, 3.8) is 0 Å². The first-order valence-electron chi connectivity index (χ1n) is 9.30. The number of carbonyl (C=O) groups excluding carboxylic acids is 1. The topological polar surface area (TPSA) is 61.3 Å². The molecule has 1 aliphatic rings. The van der Waals surface area contributed by atoms with Crippen molar-refractivity contribution >= 4 is 39.3 Å². The summed E-state index contributed by atoms with van der Waals surface area (Å²) in [7, 11) is 0. The van der Waals surface area contributed by atoms with Crippen LogP contribution >= 0.6 is 23.1 Å². The molecule has 2 atom stereocenters. The number of ether oxygens (including phenoxy) is 2. The number of fused-ring (bicyclic) bond motifs is 3. The number of hydrogen-bond acceptors (Lipinski definition) is 7. The maximum absolute atomic E-state index is 12.4. The van der Waals surface area contributed by atoms with Gasteiger partial charge in [0.15, 0.2) is 0 Å². The lowest BCUT2D eigenvalue weighted by atomic mass is 9.89. The van der Waals surface area contributed by atoms with Crippen molar-refractivity contribution in [2.45, 2.75) is 56.7 Å². The van der Waals surface area contributed by atoms with E-state index in [-0.39, 0.29) is 11.2 Å². The summed E-state index contributed by atoms with van der Waals surface area (Å²) in [5.74, 6) is 0.532. The van der Waals surface area contributed by atoms with Crippen LogP contribution in [0.15, 0.2) is 11.4 Å². The molecule has 0 aliphatic heterocycles. The van der Waals surface area contributed by atoms with E-state index in [9.17, 15) is 4.79 Å². The fraction of sp³-hybridized carbons (Fsp3) is 0.632.